The van der Waals surface area contributed by atoms with Gasteiger partial charge >= 0.3 is 0 Å². The van der Waals surface area contributed by atoms with Crippen LogP contribution in [0.5, 0.6) is 0 Å². The Labute approximate surface area is 131 Å². The highest BCUT2D eigenvalue weighted by molar-refractivity contribution is 5.82. The normalized spacial score (nSPS) is 11.0. The van der Waals surface area contributed by atoms with Crippen LogP contribution in [-0.2, 0) is 0 Å². The number of H-pyrrole nitrogens is 1. The summed E-state index contributed by atoms with van der Waals surface area (Å²) in [6.07, 6.45) is 1.61. The molecular formula is C18H13N3O2. The van der Waals surface area contributed by atoms with Crippen LogP contribution < -0.4 is 5.43 Å². The number of nitrogens with zero attached hydrogens (tertiary/aromatic N) is 2. The van der Waals surface area contributed by atoms with Gasteiger partial charge in [0.2, 0.25) is 11.3 Å². The molecular weight excluding hydrogens is 290 g/mol. The molecule has 0 aliphatic rings. The molecule has 2 aromatic heterocycles. The first-order valence-electron chi connectivity index (χ1n) is 7.24. The van der Waals surface area contributed by atoms with Crippen LogP contribution in [0.25, 0.3) is 33.7 Å². The van der Waals surface area contributed by atoms with Gasteiger partial charge in [-0.3, -0.25) is 4.79 Å². The molecule has 5 heteroatoms. The fourth-order valence-electron chi connectivity index (χ4n) is 2.48. The number of fused-ring (bicyclic) bond motifs is 1. The number of aromatic amines is 1. The van der Waals surface area contributed by atoms with Gasteiger partial charge in [-0.1, -0.05) is 47.1 Å². The summed E-state index contributed by atoms with van der Waals surface area (Å²) in [6.45, 7) is 2.01. The van der Waals surface area contributed by atoms with Crippen LogP contribution in [0.1, 0.15) is 5.56 Å². The maximum atomic E-state index is 12.6. The van der Waals surface area contributed by atoms with Gasteiger partial charge in [0.25, 0.3) is 5.89 Å². The van der Waals surface area contributed by atoms with Crippen LogP contribution in [-0.4, -0.2) is 15.1 Å². The summed E-state index contributed by atoms with van der Waals surface area (Å²) in [6, 6.07) is 15.1. The Balaban J connectivity index is 1.82. The zero-order valence-corrected chi connectivity index (χ0v) is 12.4. The summed E-state index contributed by atoms with van der Waals surface area (Å²) in [4.78, 5) is 20.0. The van der Waals surface area contributed by atoms with Crippen molar-refractivity contribution in [2.75, 3.05) is 0 Å². The Morgan fingerprint density at radius 3 is 2.65 bits per heavy atom. The Morgan fingerprint density at radius 2 is 1.83 bits per heavy atom. The zero-order chi connectivity index (χ0) is 15.8. The second kappa shape index (κ2) is 5.21. The second-order valence-corrected chi connectivity index (χ2v) is 5.37. The van der Waals surface area contributed by atoms with Gasteiger partial charge in [0.15, 0.2) is 0 Å². The quantitative estimate of drug-likeness (QED) is 0.614. The average molecular weight is 303 g/mol. The van der Waals surface area contributed by atoms with Crippen molar-refractivity contribution in [2.45, 2.75) is 6.92 Å². The van der Waals surface area contributed by atoms with Crippen LogP contribution in [0.4, 0.5) is 0 Å². The molecule has 0 fully saturated rings. The minimum atomic E-state index is -0.126. The molecule has 0 saturated heterocycles. The van der Waals surface area contributed by atoms with Gasteiger partial charge in [0.05, 0.1) is 0 Å². The highest BCUT2D eigenvalue weighted by atomic mass is 16.5. The van der Waals surface area contributed by atoms with Crippen molar-refractivity contribution in [3.8, 4) is 22.8 Å². The summed E-state index contributed by atoms with van der Waals surface area (Å²) < 4.78 is 5.28. The minimum Gasteiger partial charge on any atom is -0.360 e. The lowest BCUT2D eigenvalue weighted by atomic mass is 10.1. The molecule has 0 saturated carbocycles. The summed E-state index contributed by atoms with van der Waals surface area (Å²) in [7, 11) is 0. The van der Waals surface area contributed by atoms with E-state index in [4.69, 9.17) is 4.52 Å². The Morgan fingerprint density at radius 1 is 1.04 bits per heavy atom. The fraction of sp³-hybridized carbons (Fsp3) is 0.0556. The van der Waals surface area contributed by atoms with Crippen LogP contribution in [0.3, 0.4) is 0 Å². The summed E-state index contributed by atoms with van der Waals surface area (Å²) in [5.74, 6) is 0.681. The SMILES string of the molecule is Cc1ccc(-c2noc(-c3c[nH]c4ccccc4c3=O)n2)cc1. The largest absolute Gasteiger partial charge is 0.360 e. The average Bonchev–Trinajstić information content (AvgIpc) is 3.06. The molecule has 0 spiro atoms. The van der Waals surface area contributed by atoms with Gasteiger partial charge in [-0.2, -0.15) is 4.98 Å². The van der Waals surface area contributed by atoms with E-state index in [1.807, 2.05) is 49.4 Å². The molecule has 0 bridgehead atoms. The number of rotatable bonds is 2. The lowest BCUT2D eigenvalue weighted by Crippen LogP contribution is -2.06. The Bertz CT molecular complexity index is 1050. The number of pyridine rings is 1. The van der Waals surface area contributed by atoms with Crippen LogP contribution in [0, 0.1) is 6.92 Å². The van der Waals surface area contributed by atoms with Crippen molar-refractivity contribution in [2.24, 2.45) is 0 Å². The lowest BCUT2D eigenvalue weighted by Gasteiger charge is -1.99. The topological polar surface area (TPSA) is 71.8 Å². The number of nitrogens with one attached hydrogen (secondary N) is 1. The maximum Gasteiger partial charge on any atom is 0.263 e. The second-order valence-electron chi connectivity index (χ2n) is 5.37. The predicted molar refractivity (Wildman–Crippen MR) is 88.0 cm³/mol. The lowest BCUT2D eigenvalue weighted by molar-refractivity contribution is 0.432. The van der Waals surface area contributed by atoms with E-state index in [9.17, 15) is 4.79 Å². The zero-order valence-electron chi connectivity index (χ0n) is 12.4. The molecule has 0 aliphatic carbocycles. The van der Waals surface area contributed by atoms with E-state index < -0.39 is 0 Å². The molecule has 1 N–H and O–H groups in total. The summed E-state index contributed by atoms with van der Waals surface area (Å²) in [5, 5.41) is 4.57. The van der Waals surface area contributed by atoms with Crippen molar-refractivity contribution in [1.29, 1.82) is 0 Å². The third-order valence-corrected chi connectivity index (χ3v) is 3.75. The van der Waals surface area contributed by atoms with Gasteiger partial charge in [-0.25, -0.2) is 0 Å². The first-order chi connectivity index (χ1) is 11.2. The molecule has 23 heavy (non-hydrogen) atoms. The van der Waals surface area contributed by atoms with Crippen molar-refractivity contribution in [1.82, 2.24) is 15.1 Å². The minimum absolute atomic E-state index is 0.126. The number of aromatic nitrogens is 3. The molecule has 2 heterocycles. The molecule has 112 valence electrons. The van der Waals surface area contributed by atoms with E-state index in [-0.39, 0.29) is 11.3 Å². The van der Waals surface area contributed by atoms with E-state index in [0.717, 1.165) is 16.6 Å². The summed E-state index contributed by atoms with van der Waals surface area (Å²) >= 11 is 0. The van der Waals surface area contributed by atoms with E-state index in [1.54, 1.807) is 12.3 Å². The van der Waals surface area contributed by atoms with Gasteiger partial charge < -0.3 is 9.51 Å². The Hall–Kier alpha value is -3.21. The number of benzene rings is 2. The van der Waals surface area contributed by atoms with Gasteiger partial charge in [0.1, 0.15) is 5.56 Å². The smallest absolute Gasteiger partial charge is 0.263 e. The van der Waals surface area contributed by atoms with Gasteiger partial charge in [-0.05, 0) is 19.1 Å². The molecule has 4 rings (SSSR count). The third kappa shape index (κ3) is 2.32. The van der Waals surface area contributed by atoms with Crippen LogP contribution in [0.15, 0.2) is 64.0 Å². The first kappa shape index (κ1) is 13.5. The molecule has 0 aliphatic heterocycles. The van der Waals surface area contributed by atoms with Crippen molar-refractivity contribution >= 4 is 10.9 Å². The summed E-state index contributed by atoms with van der Waals surface area (Å²) in [5.41, 5.74) is 3.03. The molecule has 2 aromatic carbocycles. The number of hydrogen-bond acceptors (Lipinski definition) is 4. The fourth-order valence-corrected chi connectivity index (χ4v) is 2.48. The number of aryl methyl sites for hydroxylation is 1. The molecule has 0 atom stereocenters. The standard InChI is InChI=1S/C18H13N3O2/c1-11-6-8-12(9-7-11)17-20-18(23-21-17)14-10-19-15-5-3-2-4-13(15)16(14)22/h2-10H,1H3,(H,19,22). The predicted octanol–water partition coefficient (Wildman–Crippen LogP) is 3.55. The first-order valence-corrected chi connectivity index (χ1v) is 7.24. The molecule has 5 nitrogen and oxygen atoms in total. The maximum absolute atomic E-state index is 12.6. The molecule has 4 aromatic rings. The van der Waals surface area contributed by atoms with E-state index in [2.05, 4.69) is 15.1 Å². The highest BCUT2D eigenvalue weighted by Gasteiger charge is 2.15. The van der Waals surface area contributed by atoms with Gasteiger partial charge in [-0.15, -0.1) is 0 Å². The van der Waals surface area contributed by atoms with Crippen LogP contribution >= 0.6 is 0 Å². The van der Waals surface area contributed by atoms with Crippen LogP contribution in [0.2, 0.25) is 0 Å². The molecule has 0 unspecified atom stereocenters. The van der Waals surface area contributed by atoms with Crippen molar-refractivity contribution in [3.05, 3.63) is 70.5 Å². The van der Waals surface area contributed by atoms with E-state index in [0.29, 0.717) is 16.8 Å². The van der Waals surface area contributed by atoms with Crippen molar-refractivity contribution < 1.29 is 4.52 Å². The van der Waals surface area contributed by atoms with Gasteiger partial charge in [0, 0.05) is 22.7 Å². The highest BCUT2D eigenvalue weighted by Crippen LogP contribution is 2.21. The molecule has 0 radical (unpaired) electrons. The number of hydrogen-bond donors (Lipinski definition) is 1. The van der Waals surface area contributed by atoms with E-state index in [1.165, 1.54) is 0 Å². The monoisotopic (exact) mass is 303 g/mol. The van der Waals surface area contributed by atoms with Crippen molar-refractivity contribution in [3.63, 3.8) is 0 Å². The Kier molecular flexibility index (Phi) is 3.05. The van der Waals surface area contributed by atoms with E-state index >= 15 is 0 Å². The molecule has 0 amide bonds. The third-order valence-electron chi connectivity index (χ3n) is 3.75. The number of para-hydroxylation sites is 1.